The van der Waals surface area contributed by atoms with Crippen molar-refractivity contribution in [1.29, 1.82) is 0 Å². The zero-order valence-corrected chi connectivity index (χ0v) is 24.6. The molecule has 39 heavy (non-hydrogen) atoms. The molecular weight excluding hydrogens is 490 g/mol. The number of carbonyl (C=O) groups is 2. The second-order valence-corrected chi connectivity index (χ2v) is 12.3. The number of aliphatic hydroxyl groups is 1. The highest BCUT2D eigenvalue weighted by molar-refractivity contribution is 6.25. The van der Waals surface area contributed by atoms with Crippen molar-refractivity contribution in [2.24, 2.45) is 11.7 Å². The largest absolute Gasteiger partial charge is 0.396 e. The smallest absolute Gasteiger partial charge is 0.207 e. The van der Waals surface area contributed by atoms with Crippen LogP contribution in [0.25, 0.3) is 0 Å². The van der Waals surface area contributed by atoms with Crippen molar-refractivity contribution in [3.05, 3.63) is 22.5 Å². The monoisotopic (exact) mass is 543 g/mol. The molecule has 0 radical (unpaired) electrons. The molecule has 4 aliphatic rings. The van der Waals surface area contributed by atoms with Crippen LogP contribution in [0.5, 0.6) is 0 Å². The maximum absolute atomic E-state index is 13.6. The van der Waals surface area contributed by atoms with Crippen molar-refractivity contribution in [1.82, 2.24) is 10.2 Å². The van der Waals surface area contributed by atoms with Crippen molar-refractivity contribution in [2.45, 2.75) is 140 Å². The van der Waals surface area contributed by atoms with E-state index in [0.717, 1.165) is 19.3 Å². The first-order valence-corrected chi connectivity index (χ1v) is 16.0. The number of rotatable bonds is 20. The van der Waals surface area contributed by atoms with E-state index in [2.05, 4.69) is 12.2 Å². The molecule has 7 nitrogen and oxygen atoms in total. The molecule has 7 heteroatoms. The van der Waals surface area contributed by atoms with Crippen LogP contribution in [0.1, 0.15) is 122 Å². The zero-order chi connectivity index (χ0) is 27.8. The van der Waals surface area contributed by atoms with Crippen molar-refractivity contribution >= 4 is 11.6 Å². The van der Waals surface area contributed by atoms with Gasteiger partial charge in [0.25, 0.3) is 0 Å². The number of nitrogens with one attached hydrogen (secondary N) is 1. The molecule has 2 fully saturated rings. The van der Waals surface area contributed by atoms with Gasteiger partial charge in [-0.2, -0.15) is 0 Å². The van der Waals surface area contributed by atoms with Gasteiger partial charge in [-0.15, -0.1) is 0 Å². The minimum absolute atomic E-state index is 0.0145. The van der Waals surface area contributed by atoms with Gasteiger partial charge in [-0.05, 0) is 12.8 Å². The molecule has 0 spiro atoms. The van der Waals surface area contributed by atoms with Gasteiger partial charge in [-0.25, -0.2) is 0 Å². The van der Waals surface area contributed by atoms with Gasteiger partial charge in [0, 0.05) is 30.8 Å². The minimum Gasteiger partial charge on any atom is -0.396 e. The van der Waals surface area contributed by atoms with E-state index in [4.69, 9.17) is 10.5 Å². The van der Waals surface area contributed by atoms with Crippen LogP contribution in [-0.4, -0.2) is 59.6 Å². The third-order valence-electron chi connectivity index (χ3n) is 9.65. The number of hydrogen-bond donors (Lipinski definition) is 3. The highest BCUT2D eigenvalue weighted by Gasteiger charge is 2.72. The van der Waals surface area contributed by atoms with E-state index in [1.807, 2.05) is 4.90 Å². The lowest BCUT2D eigenvalue weighted by atomic mass is 9.81. The molecule has 0 saturated carbocycles. The summed E-state index contributed by atoms with van der Waals surface area (Å²) in [6, 6.07) is 0.244. The number of methoxy groups -OCH3 is 1. The molecule has 0 amide bonds. The lowest BCUT2D eigenvalue weighted by Gasteiger charge is -2.39. The molecule has 0 bridgehead atoms. The number of ether oxygens (including phenoxy) is 1. The number of allylic oxidation sites excluding steroid dienone is 2. The standard InChI is InChI=1S/C32H53N3O4/c1-3-4-5-6-7-8-9-10-11-12-13-14-15-16-17-18-19-20-23-27(33)30(38)26-24(22-36)32(39-2)31-25(34-31)21-35(32)28(26)29(23)37/h24-25,31,34,36H,3-22,33H2,1-2H3/t24-,25+,31+,32-/m1/s1. The first-order chi connectivity index (χ1) is 19.0. The Hall–Kier alpha value is -1.70. The van der Waals surface area contributed by atoms with Crippen LogP contribution in [0.4, 0.5) is 0 Å². The molecular formula is C32H53N3O4. The van der Waals surface area contributed by atoms with Crippen LogP contribution < -0.4 is 11.1 Å². The van der Waals surface area contributed by atoms with Crippen LogP contribution in [0.3, 0.4) is 0 Å². The number of carbonyl (C=O) groups excluding carboxylic acids is 2. The van der Waals surface area contributed by atoms with Crippen LogP contribution >= 0.6 is 0 Å². The lowest BCUT2D eigenvalue weighted by Crippen LogP contribution is -2.54. The Kier molecular flexibility index (Phi) is 11.1. The molecule has 0 aromatic heterocycles. The van der Waals surface area contributed by atoms with E-state index in [9.17, 15) is 14.7 Å². The molecule has 4 atom stereocenters. The number of fused-ring (bicyclic) bond motifs is 4. The summed E-state index contributed by atoms with van der Waals surface area (Å²) in [6.07, 6.45) is 22.7. The third-order valence-corrected chi connectivity index (χ3v) is 9.65. The first-order valence-electron chi connectivity index (χ1n) is 16.0. The number of ketones is 2. The maximum atomic E-state index is 13.6. The third kappa shape index (κ3) is 6.31. The first kappa shape index (κ1) is 30.3. The SMILES string of the molecule is CCCCCCCCCCCCCCCCCCCC1=C(N)C(=O)C2=C(C1=O)N1C[C@@H]3N[C@@H]3[C@]1(OC)[C@@H]2CO. The highest BCUT2D eigenvalue weighted by Crippen LogP contribution is 2.55. The van der Waals surface area contributed by atoms with Gasteiger partial charge in [0.2, 0.25) is 11.6 Å². The molecule has 3 heterocycles. The number of nitrogens with zero attached hydrogens (tertiary/aromatic N) is 1. The Morgan fingerprint density at radius 2 is 1.38 bits per heavy atom. The summed E-state index contributed by atoms with van der Waals surface area (Å²) >= 11 is 0. The Bertz CT molecular complexity index is 928. The van der Waals surface area contributed by atoms with E-state index >= 15 is 0 Å². The van der Waals surface area contributed by atoms with Gasteiger partial charge >= 0.3 is 0 Å². The number of Topliss-reactive ketones (excluding diaryl/α,β-unsaturated/α-hetero) is 2. The molecule has 0 aromatic rings. The highest BCUT2D eigenvalue weighted by atomic mass is 16.5. The summed E-state index contributed by atoms with van der Waals surface area (Å²) in [5, 5.41) is 13.6. The predicted molar refractivity (Wildman–Crippen MR) is 155 cm³/mol. The van der Waals surface area contributed by atoms with Gasteiger partial charge in [0.15, 0.2) is 5.72 Å². The van der Waals surface area contributed by atoms with Gasteiger partial charge in [0.1, 0.15) is 0 Å². The zero-order valence-electron chi connectivity index (χ0n) is 24.6. The van der Waals surface area contributed by atoms with Crippen LogP contribution in [0.15, 0.2) is 22.5 Å². The molecule has 3 aliphatic heterocycles. The van der Waals surface area contributed by atoms with Gasteiger partial charge < -0.3 is 25.8 Å². The lowest BCUT2D eigenvalue weighted by molar-refractivity contribution is -0.137. The molecule has 4 rings (SSSR count). The van der Waals surface area contributed by atoms with E-state index < -0.39 is 11.6 Å². The van der Waals surface area contributed by atoms with Crippen molar-refractivity contribution in [2.75, 3.05) is 20.3 Å². The number of hydrogen-bond acceptors (Lipinski definition) is 7. The predicted octanol–water partition coefficient (Wildman–Crippen LogP) is 5.27. The fourth-order valence-corrected chi connectivity index (χ4v) is 7.37. The number of piperazine rings is 1. The maximum Gasteiger partial charge on any atom is 0.207 e. The second kappa shape index (κ2) is 14.3. The summed E-state index contributed by atoms with van der Waals surface area (Å²) in [6.45, 7) is 2.63. The molecule has 0 unspecified atom stereocenters. The van der Waals surface area contributed by atoms with Crippen LogP contribution in [0.2, 0.25) is 0 Å². The summed E-state index contributed by atoms with van der Waals surface area (Å²) < 4.78 is 5.93. The molecule has 4 N–H and O–H groups in total. The second-order valence-electron chi connectivity index (χ2n) is 12.3. The van der Waals surface area contributed by atoms with Gasteiger partial charge in [-0.1, -0.05) is 110 Å². The van der Waals surface area contributed by atoms with Gasteiger partial charge in [-0.3, -0.25) is 9.59 Å². The van der Waals surface area contributed by atoms with Crippen LogP contribution in [0, 0.1) is 5.92 Å². The quantitative estimate of drug-likeness (QED) is 0.109. The van der Waals surface area contributed by atoms with Crippen molar-refractivity contribution in [3.63, 3.8) is 0 Å². The van der Waals surface area contributed by atoms with Crippen LogP contribution in [-0.2, 0) is 14.3 Å². The summed E-state index contributed by atoms with van der Waals surface area (Å²) in [5.41, 5.74) is 6.68. The Morgan fingerprint density at radius 1 is 0.872 bits per heavy atom. The van der Waals surface area contributed by atoms with Crippen molar-refractivity contribution in [3.8, 4) is 0 Å². The summed E-state index contributed by atoms with van der Waals surface area (Å²) in [4.78, 5) is 28.9. The Labute approximate surface area is 236 Å². The summed E-state index contributed by atoms with van der Waals surface area (Å²) in [7, 11) is 1.60. The van der Waals surface area contributed by atoms with E-state index in [1.54, 1.807) is 7.11 Å². The average Bonchev–Trinajstić information content (AvgIpc) is 3.55. The molecule has 220 valence electrons. The van der Waals surface area contributed by atoms with E-state index in [-0.39, 0.29) is 36.0 Å². The topological polar surface area (TPSA) is 115 Å². The average molecular weight is 544 g/mol. The minimum atomic E-state index is -0.876. The van der Waals surface area contributed by atoms with Crippen molar-refractivity contribution < 1.29 is 19.4 Å². The molecule has 2 saturated heterocycles. The number of nitrogens with two attached hydrogens (primary N) is 1. The Morgan fingerprint density at radius 3 is 1.87 bits per heavy atom. The van der Waals surface area contributed by atoms with E-state index in [1.165, 1.54) is 89.9 Å². The fourth-order valence-electron chi connectivity index (χ4n) is 7.37. The van der Waals surface area contributed by atoms with Gasteiger partial charge in [0.05, 0.1) is 30.0 Å². The number of aliphatic hydroxyl groups excluding tert-OH is 1. The Balaban J connectivity index is 1.10. The van der Waals surface area contributed by atoms with E-state index in [0.29, 0.717) is 29.8 Å². The molecule has 1 aliphatic carbocycles. The fraction of sp³-hybridized carbons (Fsp3) is 0.812. The normalized spacial score (nSPS) is 27.5. The summed E-state index contributed by atoms with van der Waals surface area (Å²) in [5.74, 6) is -1.01. The number of unbranched alkanes of at least 4 members (excludes halogenated alkanes) is 16. The molecule has 0 aromatic carbocycles.